The molecule has 0 rings (SSSR count). The van der Waals surface area contributed by atoms with E-state index in [4.69, 9.17) is 9.05 Å². The highest BCUT2D eigenvalue weighted by Crippen LogP contribution is 2.43. The molecule has 0 aromatic rings. The number of amides is 1. The summed E-state index contributed by atoms with van der Waals surface area (Å²) < 4.78 is 23.8. The SMILES string of the molecule is CC/C=C\C/C=C\C/C=C\C/C=C\C/C=C\C/C=C\CCCCCCCCC(=O)NC(COP(=O)(O)OCC[N+](C)(C)C)C(O)CCCCCCCCCCCCCCCCCCCCCCCCCCCCC. The van der Waals surface area contributed by atoms with Gasteiger partial charge in [0.2, 0.25) is 5.91 Å². The molecule has 0 saturated carbocycles. The average molecular weight is 1060 g/mol. The molecular weight excluding hydrogens is 936 g/mol. The molecule has 74 heavy (non-hydrogen) atoms. The molecule has 0 fully saturated rings. The number of unbranched alkanes of at least 4 members (excludes halogenated alkanes) is 32. The number of phosphoric acid groups is 1. The van der Waals surface area contributed by atoms with Crippen molar-refractivity contribution in [3.8, 4) is 0 Å². The van der Waals surface area contributed by atoms with E-state index in [1.54, 1.807) is 0 Å². The van der Waals surface area contributed by atoms with Crippen LogP contribution in [0.15, 0.2) is 72.9 Å². The van der Waals surface area contributed by atoms with Gasteiger partial charge in [0.1, 0.15) is 13.2 Å². The molecule has 0 radical (unpaired) electrons. The number of hydrogen-bond acceptors (Lipinski definition) is 5. The van der Waals surface area contributed by atoms with Gasteiger partial charge in [-0.05, 0) is 64.2 Å². The van der Waals surface area contributed by atoms with Crippen LogP contribution in [0, 0.1) is 0 Å². The maximum atomic E-state index is 13.0. The highest BCUT2D eigenvalue weighted by Gasteiger charge is 2.28. The van der Waals surface area contributed by atoms with Crippen LogP contribution in [0.2, 0.25) is 0 Å². The quantitative estimate of drug-likeness (QED) is 0.0243. The number of carbonyl (C=O) groups excluding carboxylic acids is 1. The van der Waals surface area contributed by atoms with Gasteiger partial charge in [-0.15, -0.1) is 0 Å². The molecule has 0 saturated heterocycles. The van der Waals surface area contributed by atoms with Crippen molar-refractivity contribution in [3.05, 3.63) is 72.9 Å². The zero-order chi connectivity index (χ0) is 54.2. The standard InChI is InChI=1S/C65H121N2O6P/c1-6-8-10-12-14-16-18-20-22-24-26-28-30-32-33-35-36-38-40-42-44-46-48-50-52-54-56-58-64(68)63(62-73-74(70,71)72-61-60-67(3,4)5)66-65(69)59-57-55-53-51-49-47-45-43-41-39-37-34-31-29-27-25-23-21-19-17-15-13-11-9-7-2/h9,11,15,17,21,23,27,29,34,37,41,43,63-64,68H,6-8,10,12-14,16,18-20,22,24-26,28,30-33,35-36,38-40,42,44-62H2,1-5H3,(H-,66,69,70,71)/p+1/b11-9-,17-15-,23-21-,29-27-,37-34-,43-41-. The van der Waals surface area contributed by atoms with Crippen LogP contribution in [0.4, 0.5) is 0 Å². The van der Waals surface area contributed by atoms with Crippen LogP contribution in [0.1, 0.15) is 284 Å². The minimum Gasteiger partial charge on any atom is -0.391 e. The molecule has 0 bridgehead atoms. The van der Waals surface area contributed by atoms with E-state index in [-0.39, 0.29) is 19.1 Å². The van der Waals surface area contributed by atoms with Crippen LogP contribution in [0.3, 0.4) is 0 Å². The Kier molecular flexibility index (Phi) is 54.1. The monoisotopic (exact) mass is 1060 g/mol. The average Bonchev–Trinajstić information content (AvgIpc) is 3.36. The van der Waals surface area contributed by atoms with Gasteiger partial charge in [-0.1, -0.05) is 286 Å². The van der Waals surface area contributed by atoms with E-state index in [0.29, 0.717) is 23.9 Å². The third kappa shape index (κ3) is 57.6. The van der Waals surface area contributed by atoms with E-state index in [9.17, 15) is 19.4 Å². The highest BCUT2D eigenvalue weighted by atomic mass is 31.2. The number of allylic oxidation sites excluding steroid dienone is 12. The Morgan fingerprint density at radius 3 is 1.19 bits per heavy atom. The number of quaternary nitrogens is 1. The number of rotatable bonds is 57. The van der Waals surface area contributed by atoms with Crippen molar-refractivity contribution in [2.75, 3.05) is 40.9 Å². The first-order valence-corrected chi connectivity index (χ1v) is 32.8. The zero-order valence-corrected chi connectivity index (χ0v) is 50.2. The largest absolute Gasteiger partial charge is 0.472 e. The molecule has 0 aromatic heterocycles. The molecule has 1 amide bonds. The Labute approximate surface area is 459 Å². The number of hydrogen-bond donors (Lipinski definition) is 3. The minimum atomic E-state index is -4.34. The molecule has 3 N–H and O–H groups in total. The first kappa shape index (κ1) is 71.9. The molecule has 3 atom stereocenters. The van der Waals surface area contributed by atoms with Gasteiger partial charge in [-0.25, -0.2) is 4.57 Å². The lowest BCUT2D eigenvalue weighted by molar-refractivity contribution is -0.870. The maximum Gasteiger partial charge on any atom is 0.472 e. The van der Waals surface area contributed by atoms with Gasteiger partial charge < -0.3 is 19.8 Å². The second-order valence-corrected chi connectivity index (χ2v) is 23.9. The Morgan fingerprint density at radius 1 is 0.473 bits per heavy atom. The zero-order valence-electron chi connectivity index (χ0n) is 49.3. The predicted molar refractivity (Wildman–Crippen MR) is 323 cm³/mol. The van der Waals surface area contributed by atoms with Gasteiger partial charge in [0.15, 0.2) is 0 Å². The molecule has 0 aliphatic heterocycles. The van der Waals surface area contributed by atoms with E-state index < -0.39 is 20.0 Å². The van der Waals surface area contributed by atoms with Crippen LogP contribution in [-0.4, -0.2) is 73.4 Å². The topological polar surface area (TPSA) is 105 Å². The first-order chi connectivity index (χ1) is 36.0. The van der Waals surface area contributed by atoms with E-state index in [2.05, 4.69) is 92.1 Å². The van der Waals surface area contributed by atoms with Crippen molar-refractivity contribution >= 4 is 13.7 Å². The Balaban J connectivity index is 4.16. The molecule has 0 spiro atoms. The summed E-state index contributed by atoms with van der Waals surface area (Å²) in [5.41, 5.74) is 0. The molecule has 0 aromatic carbocycles. The van der Waals surface area contributed by atoms with Crippen molar-refractivity contribution in [1.82, 2.24) is 5.32 Å². The van der Waals surface area contributed by atoms with E-state index >= 15 is 0 Å². The highest BCUT2D eigenvalue weighted by molar-refractivity contribution is 7.47. The van der Waals surface area contributed by atoms with Gasteiger partial charge in [-0.3, -0.25) is 13.8 Å². The van der Waals surface area contributed by atoms with Crippen molar-refractivity contribution in [2.24, 2.45) is 0 Å². The fourth-order valence-electron chi connectivity index (χ4n) is 9.11. The smallest absolute Gasteiger partial charge is 0.391 e. The summed E-state index contributed by atoms with van der Waals surface area (Å²) in [6.45, 7) is 4.79. The number of phosphoric ester groups is 1. The normalized spacial score (nSPS) is 14.3. The molecule has 0 aliphatic carbocycles. The molecular formula is C65H122N2O6P+. The first-order valence-electron chi connectivity index (χ1n) is 31.3. The molecule has 0 aliphatic rings. The number of aliphatic hydroxyl groups is 1. The van der Waals surface area contributed by atoms with Gasteiger partial charge in [0.05, 0.1) is 39.9 Å². The van der Waals surface area contributed by atoms with Gasteiger partial charge >= 0.3 is 7.82 Å². The summed E-state index contributed by atoms with van der Waals surface area (Å²) in [7, 11) is 1.60. The fraction of sp³-hybridized carbons (Fsp3) is 0.800. The summed E-state index contributed by atoms with van der Waals surface area (Å²) >= 11 is 0. The molecule has 432 valence electrons. The lowest BCUT2D eigenvalue weighted by Gasteiger charge is -2.26. The van der Waals surface area contributed by atoms with Crippen LogP contribution >= 0.6 is 7.82 Å². The van der Waals surface area contributed by atoms with Crippen molar-refractivity contribution in [3.63, 3.8) is 0 Å². The lowest BCUT2D eigenvalue weighted by atomic mass is 10.0. The molecule has 3 unspecified atom stereocenters. The summed E-state index contributed by atoms with van der Waals surface area (Å²) in [6, 6.07) is -0.775. The molecule has 9 heteroatoms. The summed E-state index contributed by atoms with van der Waals surface area (Å²) in [5.74, 6) is -0.158. The van der Waals surface area contributed by atoms with E-state index in [1.807, 2.05) is 21.1 Å². The number of carbonyl (C=O) groups is 1. The second-order valence-electron chi connectivity index (χ2n) is 22.4. The predicted octanol–water partition coefficient (Wildman–Crippen LogP) is 19.4. The Bertz CT molecular complexity index is 1430. The van der Waals surface area contributed by atoms with Crippen LogP contribution < -0.4 is 5.32 Å². The van der Waals surface area contributed by atoms with Gasteiger partial charge in [0, 0.05) is 6.42 Å². The third-order valence-electron chi connectivity index (χ3n) is 14.0. The number of nitrogens with zero attached hydrogens (tertiary/aromatic N) is 1. The van der Waals surface area contributed by atoms with Gasteiger partial charge in [0.25, 0.3) is 0 Å². The third-order valence-corrected chi connectivity index (χ3v) is 15.0. The Hall–Kier alpha value is -2.06. The van der Waals surface area contributed by atoms with Crippen molar-refractivity contribution in [1.29, 1.82) is 0 Å². The number of aliphatic hydroxyl groups excluding tert-OH is 1. The van der Waals surface area contributed by atoms with Crippen molar-refractivity contribution < 1.29 is 32.9 Å². The second kappa shape index (κ2) is 55.7. The van der Waals surface area contributed by atoms with Gasteiger partial charge in [-0.2, -0.15) is 0 Å². The van der Waals surface area contributed by atoms with Crippen LogP contribution in [0.25, 0.3) is 0 Å². The molecule has 0 heterocycles. The molecule has 8 nitrogen and oxygen atoms in total. The van der Waals surface area contributed by atoms with E-state index in [0.717, 1.165) is 89.9 Å². The fourth-order valence-corrected chi connectivity index (χ4v) is 9.85. The summed E-state index contributed by atoms with van der Waals surface area (Å²) in [4.78, 5) is 23.4. The maximum absolute atomic E-state index is 13.0. The summed E-state index contributed by atoms with van der Waals surface area (Å²) in [6.07, 6.45) is 76.9. The minimum absolute atomic E-state index is 0.0684. The van der Waals surface area contributed by atoms with E-state index in [1.165, 1.54) is 167 Å². The number of nitrogens with one attached hydrogen (secondary N) is 1. The Morgan fingerprint density at radius 2 is 0.811 bits per heavy atom. The summed E-state index contributed by atoms with van der Waals surface area (Å²) in [5, 5.41) is 14.1. The van der Waals surface area contributed by atoms with Crippen LogP contribution in [0.5, 0.6) is 0 Å². The lowest BCUT2D eigenvalue weighted by Crippen LogP contribution is -2.46. The van der Waals surface area contributed by atoms with Crippen molar-refractivity contribution in [2.45, 2.75) is 296 Å². The van der Waals surface area contributed by atoms with Crippen LogP contribution in [-0.2, 0) is 18.4 Å². The number of likely N-dealkylation sites (N-methyl/N-ethyl adjacent to an activating group) is 1.